The Balaban J connectivity index is 2.15. The van der Waals surface area contributed by atoms with E-state index in [1.807, 2.05) is 19.0 Å². The fourth-order valence-electron chi connectivity index (χ4n) is 3.36. The SMILES string of the molecule is Cc1cc(/C(O)=C2/C(=O)C(=O)N(CCN(C)C)C2c2ccc(Cl)cc2)ccc1F. The van der Waals surface area contributed by atoms with Crippen LogP contribution < -0.4 is 0 Å². The van der Waals surface area contributed by atoms with Crippen LogP contribution in [0, 0.1) is 12.7 Å². The van der Waals surface area contributed by atoms with Gasteiger partial charge >= 0.3 is 0 Å². The summed E-state index contributed by atoms with van der Waals surface area (Å²) in [5, 5.41) is 11.4. The van der Waals surface area contributed by atoms with Crippen molar-refractivity contribution in [3.63, 3.8) is 0 Å². The lowest BCUT2D eigenvalue weighted by Gasteiger charge is -2.26. The summed E-state index contributed by atoms with van der Waals surface area (Å²) in [6, 6.07) is 10.1. The number of Topliss-reactive ketones (excluding diaryl/α,β-unsaturated/α-hetero) is 1. The molecule has 152 valence electrons. The molecular weight excluding hydrogens is 395 g/mol. The molecule has 0 aliphatic carbocycles. The van der Waals surface area contributed by atoms with Crippen LogP contribution in [0.15, 0.2) is 48.0 Å². The van der Waals surface area contributed by atoms with Gasteiger partial charge in [0.15, 0.2) is 0 Å². The van der Waals surface area contributed by atoms with Crippen LogP contribution in [0.2, 0.25) is 5.02 Å². The first kappa shape index (κ1) is 21.0. The van der Waals surface area contributed by atoms with E-state index in [1.165, 1.54) is 23.1 Å². The summed E-state index contributed by atoms with van der Waals surface area (Å²) in [5.74, 6) is -2.17. The minimum Gasteiger partial charge on any atom is -0.507 e. The molecule has 1 aliphatic rings. The minimum absolute atomic E-state index is 0.0120. The Kier molecular flexibility index (Phi) is 6.05. The standard InChI is InChI=1S/C22H22ClFN2O3/c1-13-12-15(6-9-17(13)24)20(27)18-19(14-4-7-16(23)8-5-14)26(11-10-25(2)3)22(29)21(18)28/h4-9,12,19,27H,10-11H2,1-3H3/b20-18-. The van der Waals surface area contributed by atoms with E-state index >= 15 is 0 Å². The average Bonchev–Trinajstić information content (AvgIpc) is 2.93. The van der Waals surface area contributed by atoms with Crippen molar-refractivity contribution in [2.75, 3.05) is 27.2 Å². The summed E-state index contributed by atoms with van der Waals surface area (Å²) < 4.78 is 13.7. The lowest BCUT2D eigenvalue weighted by Crippen LogP contribution is -2.35. The van der Waals surface area contributed by atoms with Crippen molar-refractivity contribution in [2.24, 2.45) is 0 Å². The second-order valence-electron chi connectivity index (χ2n) is 7.31. The van der Waals surface area contributed by atoms with Gasteiger partial charge in [0.2, 0.25) is 0 Å². The Hall–Kier alpha value is -2.70. The highest BCUT2D eigenvalue weighted by atomic mass is 35.5. The number of carbonyl (C=O) groups excluding carboxylic acids is 2. The average molecular weight is 417 g/mol. The van der Waals surface area contributed by atoms with Crippen molar-refractivity contribution in [1.82, 2.24) is 9.80 Å². The van der Waals surface area contributed by atoms with Crippen molar-refractivity contribution in [3.05, 3.63) is 75.6 Å². The summed E-state index contributed by atoms with van der Waals surface area (Å²) in [6.07, 6.45) is 0. The number of halogens is 2. The largest absolute Gasteiger partial charge is 0.507 e. The van der Waals surface area contributed by atoms with Gasteiger partial charge in [-0.05, 0) is 62.5 Å². The number of benzene rings is 2. The number of nitrogens with zero attached hydrogens (tertiary/aromatic N) is 2. The lowest BCUT2D eigenvalue weighted by molar-refractivity contribution is -0.140. The van der Waals surface area contributed by atoms with Gasteiger partial charge in [0.1, 0.15) is 11.6 Å². The Bertz CT molecular complexity index is 986. The first-order valence-corrected chi connectivity index (χ1v) is 9.53. The van der Waals surface area contributed by atoms with Gasteiger partial charge in [-0.2, -0.15) is 0 Å². The van der Waals surface area contributed by atoms with Gasteiger partial charge in [0.25, 0.3) is 11.7 Å². The zero-order valence-electron chi connectivity index (χ0n) is 16.4. The molecule has 1 amide bonds. The van der Waals surface area contributed by atoms with E-state index in [9.17, 15) is 19.1 Å². The van der Waals surface area contributed by atoms with Crippen molar-refractivity contribution >= 4 is 29.1 Å². The van der Waals surface area contributed by atoms with E-state index in [2.05, 4.69) is 0 Å². The third kappa shape index (κ3) is 4.18. The number of aryl methyl sites for hydroxylation is 1. The Morgan fingerprint density at radius 2 is 1.83 bits per heavy atom. The first-order chi connectivity index (χ1) is 13.7. The van der Waals surface area contributed by atoms with Crippen LogP contribution in [0.4, 0.5) is 4.39 Å². The number of carbonyl (C=O) groups is 2. The van der Waals surface area contributed by atoms with E-state index in [1.54, 1.807) is 31.2 Å². The van der Waals surface area contributed by atoms with Gasteiger partial charge in [0.05, 0.1) is 11.6 Å². The third-order valence-corrected chi connectivity index (χ3v) is 5.20. The molecule has 7 heteroatoms. The molecule has 3 rings (SSSR count). The zero-order chi connectivity index (χ0) is 21.3. The Morgan fingerprint density at radius 3 is 2.41 bits per heavy atom. The normalized spacial score (nSPS) is 18.7. The molecule has 1 unspecified atom stereocenters. The minimum atomic E-state index is -0.761. The molecule has 0 aromatic heterocycles. The molecule has 5 nitrogen and oxygen atoms in total. The van der Waals surface area contributed by atoms with Gasteiger partial charge in [-0.1, -0.05) is 23.7 Å². The number of likely N-dealkylation sites (tertiary alicyclic amines) is 1. The van der Waals surface area contributed by atoms with Gasteiger partial charge in [-0.15, -0.1) is 0 Å². The van der Waals surface area contributed by atoms with Crippen LogP contribution in [-0.4, -0.2) is 53.8 Å². The molecule has 0 saturated carbocycles. The molecule has 1 atom stereocenters. The fraction of sp³-hybridized carbons (Fsp3) is 0.273. The van der Waals surface area contributed by atoms with Crippen molar-refractivity contribution in [2.45, 2.75) is 13.0 Å². The smallest absolute Gasteiger partial charge is 0.295 e. The second kappa shape index (κ2) is 8.35. The maximum atomic E-state index is 13.7. The number of amides is 1. The molecule has 0 bridgehead atoms. The number of rotatable bonds is 5. The zero-order valence-corrected chi connectivity index (χ0v) is 17.2. The molecule has 1 N–H and O–H groups in total. The number of hydrogen-bond donors (Lipinski definition) is 1. The van der Waals surface area contributed by atoms with Crippen LogP contribution in [0.5, 0.6) is 0 Å². The molecular formula is C22H22ClFN2O3. The van der Waals surface area contributed by atoms with Crippen molar-refractivity contribution < 1.29 is 19.1 Å². The van der Waals surface area contributed by atoms with Gasteiger partial charge < -0.3 is 14.9 Å². The molecule has 2 aromatic rings. The molecule has 0 radical (unpaired) electrons. The number of hydrogen-bond acceptors (Lipinski definition) is 4. The maximum Gasteiger partial charge on any atom is 0.295 e. The number of ketones is 1. The summed E-state index contributed by atoms with van der Waals surface area (Å²) in [6.45, 7) is 2.43. The molecule has 2 aromatic carbocycles. The highest BCUT2D eigenvalue weighted by Gasteiger charge is 2.45. The first-order valence-electron chi connectivity index (χ1n) is 9.16. The lowest BCUT2D eigenvalue weighted by atomic mass is 9.95. The van der Waals surface area contributed by atoms with Crippen LogP contribution in [0.3, 0.4) is 0 Å². The molecule has 1 saturated heterocycles. The molecule has 1 aliphatic heterocycles. The van der Waals surface area contributed by atoms with Crippen LogP contribution in [-0.2, 0) is 9.59 Å². The molecule has 1 heterocycles. The summed E-state index contributed by atoms with van der Waals surface area (Å²) in [5.41, 5.74) is 1.27. The highest BCUT2D eigenvalue weighted by molar-refractivity contribution is 6.46. The Labute approximate surface area is 174 Å². The molecule has 0 spiro atoms. The second-order valence-corrected chi connectivity index (χ2v) is 7.75. The van der Waals surface area contributed by atoms with Crippen LogP contribution in [0.1, 0.15) is 22.7 Å². The van der Waals surface area contributed by atoms with E-state index in [-0.39, 0.29) is 16.9 Å². The van der Waals surface area contributed by atoms with Gasteiger partial charge in [-0.3, -0.25) is 9.59 Å². The highest BCUT2D eigenvalue weighted by Crippen LogP contribution is 2.39. The predicted octanol–water partition coefficient (Wildman–Crippen LogP) is 3.77. The van der Waals surface area contributed by atoms with Crippen LogP contribution >= 0.6 is 11.6 Å². The number of aliphatic hydroxyl groups is 1. The fourth-order valence-corrected chi connectivity index (χ4v) is 3.48. The van der Waals surface area contributed by atoms with Gasteiger partial charge in [-0.25, -0.2) is 4.39 Å². The summed E-state index contributed by atoms with van der Waals surface area (Å²) in [4.78, 5) is 29.0. The van der Waals surface area contributed by atoms with Gasteiger partial charge in [0, 0.05) is 23.7 Å². The maximum absolute atomic E-state index is 13.7. The van der Waals surface area contributed by atoms with E-state index in [4.69, 9.17) is 11.6 Å². The van der Waals surface area contributed by atoms with Crippen molar-refractivity contribution in [1.29, 1.82) is 0 Å². The number of aliphatic hydroxyl groups excluding tert-OH is 1. The van der Waals surface area contributed by atoms with Crippen LogP contribution in [0.25, 0.3) is 5.76 Å². The van der Waals surface area contributed by atoms with E-state index in [0.29, 0.717) is 29.2 Å². The monoisotopic (exact) mass is 416 g/mol. The predicted molar refractivity (Wildman–Crippen MR) is 110 cm³/mol. The number of likely N-dealkylation sites (N-methyl/N-ethyl adjacent to an activating group) is 1. The van der Waals surface area contributed by atoms with E-state index in [0.717, 1.165) is 0 Å². The third-order valence-electron chi connectivity index (χ3n) is 4.95. The van der Waals surface area contributed by atoms with E-state index < -0.39 is 23.5 Å². The summed E-state index contributed by atoms with van der Waals surface area (Å²) >= 11 is 5.99. The molecule has 29 heavy (non-hydrogen) atoms. The van der Waals surface area contributed by atoms with Crippen molar-refractivity contribution in [3.8, 4) is 0 Å². The quantitative estimate of drug-likeness (QED) is 0.458. The Morgan fingerprint density at radius 1 is 1.17 bits per heavy atom. The summed E-state index contributed by atoms with van der Waals surface area (Å²) in [7, 11) is 3.74. The molecule has 1 fully saturated rings. The topological polar surface area (TPSA) is 60.9 Å².